The molecule has 18 heavy (non-hydrogen) atoms. The molecule has 0 aromatic heterocycles. The number of hydrogen-bond donors (Lipinski definition) is 1. The second kappa shape index (κ2) is 6.64. The van der Waals surface area contributed by atoms with Crippen molar-refractivity contribution in [3.63, 3.8) is 0 Å². The minimum absolute atomic E-state index is 0.370. The van der Waals surface area contributed by atoms with Crippen LogP contribution in [-0.4, -0.2) is 25.7 Å². The molecule has 0 unspecified atom stereocenters. The number of para-hydroxylation sites is 2. The average Bonchev–Trinajstić information content (AvgIpc) is 2.41. The molecule has 2 rings (SSSR count). The van der Waals surface area contributed by atoms with Crippen molar-refractivity contribution in [2.45, 2.75) is 38.6 Å². The van der Waals surface area contributed by atoms with E-state index in [1.165, 1.54) is 12.1 Å². The highest BCUT2D eigenvalue weighted by Crippen LogP contribution is 2.30. The molecule has 1 heterocycles. The Morgan fingerprint density at radius 1 is 1.28 bits per heavy atom. The van der Waals surface area contributed by atoms with E-state index in [0.717, 1.165) is 44.7 Å². The number of anilines is 1. The van der Waals surface area contributed by atoms with Crippen LogP contribution in [0.2, 0.25) is 0 Å². The predicted octanol–water partition coefficient (Wildman–Crippen LogP) is 2.79. The predicted molar refractivity (Wildman–Crippen MR) is 76.3 cm³/mol. The van der Waals surface area contributed by atoms with E-state index < -0.39 is 0 Å². The van der Waals surface area contributed by atoms with Gasteiger partial charge in [0.15, 0.2) is 0 Å². The summed E-state index contributed by atoms with van der Waals surface area (Å²) in [6, 6.07) is 8.71. The van der Waals surface area contributed by atoms with E-state index in [1.807, 2.05) is 6.07 Å². The van der Waals surface area contributed by atoms with Gasteiger partial charge < -0.3 is 15.4 Å². The molecule has 2 N–H and O–H groups in total. The number of benzene rings is 1. The van der Waals surface area contributed by atoms with Crippen LogP contribution in [0.1, 0.15) is 32.6 Å². The zero-order chi connectivity index (χ0) is 12.8. The van der Waals surface area contributed by atoms with Gasteiger partial charge in [0.1, 0.15) is 5.75 Å². The number of ether oxygens (including phenoxy) is 1. The van der Waals surface area contributed by atoms with Crippen molar-refractivity contribution in [2.75, 3.05) is 24.6 Å². The third kappa shape index (κ3) is 3.39. The molecule has 100 valence electrons. The maximum atomic E-state index is 5.95. The minimum atomic E-state index is 0.370. The lowest BCUT2D eigenvalue weighted by Crippen LogP contribution is -2.39. The monoisotopic (exact) mass is 248 g/mol. The summed E-state index contributed by atoms with van der Waals surface area (Å²) in [6.45, 7) is 5.06. The molecule has 0 radical (unpaired) electrons. The number of unbranched alkanes of at least 4 members (excludes halogenated alkanes) is 1. The molecule has 1 aromatic rings. The highest BCUT2D eigenvalue weighted by molar-refractivity contribution is 5.58. The summed E-state index contributed by atoms with van der Waals surface area (Å²) in [5, 5.41) is 0. The molecule has 1 aliphatic heterocycles. The Morgan fingerprint density at radius 2 is 2.00 bits per heavy atom. The maximum absolute atomic E-state index is 5.95. The Hall–Kier alpha value is -1.22. The van der Waals surface area contributed by atoms with Crippen molar-refractivity contribution in [3.05, 3.63) is 24.3 Å². The number of hydrogen-bond acceptors (Lipinski definition) is 3. The first-order valence-electron chi connectivity index (χ1n) is 7.03. The first-order valence-corrected chi connectivity index (χ1v) is 7.03. The van der Waals surface area contributed by atoms with Gasteiger partial charge in [0.25, 0.3) is 0 Å². The molecule has 0 spiro atoms. The lowest BCUT2D eigenvalue weighted by molar-refractivity contribution is 0.309. The highest BCUT2D eigenvalue weighted by Gasteiger charge is 2.18. The zero-order valence-electron chi connectivity index (χ0n) is 11.3. The Kier molecular flexibility index (Phi) is 4.88. The molecule has 1 saturated heterocycles. The van der Waals surface area contributed by atoms with Gasteiger partial charge in [0, 0.05) is 19.1 Å². The van der Waals surface area contributed by atoms with Gasteiger partial charge in [-0.3, -0.25) is 0 Å². The molecule has 3 nitrogen and oxygen atoms in total. The highest BCUT2D eigenvalue weighted by atomic mass is 16.5. The Morgan fingerprint density at radius 3 is 2.72 bits per heavy atom. The van der Waals surface area contributed by atoms with E-state index >= 15 is 0 Å². The second-order valence-electron chi connectivity index (χ2n) is 4.99. The van der Waals surface area contributed by atoms with Crippen LogP contribution in [-0.2, 0) is 0 Å². The Balaban J connectivity index is 2.02. The molecule has 0 amide bonds. The standard InChI is InChI=1S/C15H24N2O/c1-2-3-12-18-15-7-5-4-6-14(15)17-10-8-13(16)9-11-17/h4-7,13H,2-3,8-12,16H2,1H3. The van der Waals surface area contributed by atoms with E-state index in [-0.39, 0.29) is 0 Å². The molecule has 1 aromatic carbocycles. The van der Waals surface area contributed by atoms with Crippen molar-refractivity contribution in [1.82, 2.24) is 0 Å². The molecule has 0 atom stereocenters. The number of rotatable bonds is 5. The number of nitrogens with zero attached hydrogens (tertiary/aromatic N) is 1. The van der Waals surface area contributed by atoms with Gasteiger partial charge >= 0.3 is 0 Å². The van der Waals surface area contributed by atoms with E-state index in [0.29, 0.717) is 6.04 Å². The first kappa shape index (κ1) is 13.2. The Labute approximate surface area is 110 Å². The van der Waals surface area contributed by atoms with E-state index in [2.05, 4.69) is 30.0 Å². The summed E-state index contributed by atoms with van der Waals surface area (Å²) in [5.41, 5.74) is 7.18. The molecular formula is C15H24N2O. The van der Waals surface area contributed by atoms with Crippen LogP contribution in [0.3, 0.4) is 0 Å². The topological polar surface area (TPSA) is 38.5 Å². The van der Waals surface area contributed by atoms with Crippen LogP contribution in [0.4, 0.5) is 5.69 Å². The SMILES string of the molecule is CCCCOc1ccccc1N1CCC(N)CC1. The van der Waals surface area contributed by atoms with Gasteiger partial charge in [-0.25, -0.2) is 0 Å². The van der Waals surface area contributed by atoms with Gasteiger partial charge in [0.05, 0.1) is 12.3 Å². The van der Waals surface area contributed by atoms with Gasteiger partial charge in [-0.2, -0.15) is 0 Å². The summed E-state index contributed by atoms with van der Waals surface area (Å²) in [7, 11) is 0. The average molecular weight is 248 g/mol. The summed E-state index contributed by atoms with van der Waals surface area (Å²) >= 11 is 0. The normalized spacial score (nSPS) is 16.9. The quantitative estimate of drug-likeness (QED) is 0.814. The molecule has 0 saturated carbocycles. The van der Waals surface area contributed by atoms with Crippen molar-refractivity contribution >= 4 is 5.69 Å². The van der Waals surface area contributed by atoms with Gasteiger partial charge in [-0.15, -0.1) is 0 Å². The summed E-state index contributed by atoms with van der Waals surface area (Å²) in [5.74, 6) is 1.02. The molecule has 1 aliphatic rings. The van der Waals surface area contributed by atoms with Crippen LogP contribution in [0.25, 0.3) is 0 Å². The van der Waals surface area contributed by atoms with E-state index in [9.17, 15) is 0 Å². The van der Waals surface area contributed by atoms with Gasteiger partial charge in [-0.05, 0) is 31.4 Å². The lowest BCUT2D eigenvalue weighted by Gasteiger charge is -2.33. The molecular weight excluding hydrogens is 224 g/mol. The van der Waals surface area contributed by atoms with Gasteiger partial charge in [-0.1, -0.05) is 25.5 Å². The second-order valence-corrected chi connectivity index (χ2v) is 4.99. The van der Waals surface area contributed by atoms with Crippen molar-refractivity contribution in [2.24, 2.45) is 5.73 Å². The number of piperidine rings is 1. The fourth-order valence-corrected chi connectivity index (χ4v) is 2.31. The summed E-state index contributed by atoms with van der Waals surface area (Å²) < 4.78 is 5.88. The van der Waals surface area contributed by atoms with Crippen molar-refractivity contribution in [3.8, 4) is 5.75 Å². The van der Waals surface area contributed by atoms with E-state index in [1.54, 1.807) is 0 Å². The number of nitrogens with two attached hydrogens (primary N) is 1. The van der Waals surface area contributed by atoms with Crippen LogP contribution < -0.4 is 15.4 Å². The fourth-order valence-electron chi connectivity index (χ4n) is 2.31. The zero-order valence-corrected chi connectivity index (χ0v) is 11.3. The third-order valence-electron chi connectivity index (χ3n) is 3.50. The lowest BCUT2D eigenvalue weighted by atomic mass is 10.1. The van der Waals surface area contributed by atoms with Crippen LogP contribution in [0.5, 0.6) is 5.75 Å². The van der Waals surface area contributed by atoms with Gasteiger partial charge in [0.2, 0.25) is 0 Å². The van der Waals surface area contributed by atoms with Crippen molar-refractivity contribution < 1.29 is 4.74 Å². The van der Waals surface area contributed by atoms with Crippen LogP contribution in [0.15, 0.2) is 24.3 Å². The molecule has 0 aliphatic carbocycles. The smallest absolute Gasteiger partial charge is 0.142 e. The van der Waals surface area contributed by atoms with Crippen LogP contribution in [0, 0.1) is 0 Å². The fraction of sp³-hybridized carbons (Fsp3) is 0.600. The third-order valence-corrected chi connectivity index (χ3v) is 3.50. The largest absolute Gasteiger partial charge is 0.491 e. The van der Waals surface area contributed by atoms with Crippen LogP contribution >= 0.6 is 0 Å². The minimum Gasteiger partial charge on any atom is -0.491 e. The summed E-state index contributed by atoms with van der Waals surface area (Å²) in [4.78, 5) is 2.39. The van der Waals surface area contributed by atoms with E-state index in [4.69, 9.17) is 10.5 Å². The maximum Gasteiger partial charge on any atom is 0.142 e. The molecule has 3 heteroatoms. The van der Waals surface area contributed by atoms with Crippen molar-refractivity contribution in [1.29, 1.82) is 0 Å². The first-order chi connectivity index (χ1) is 8.81. The molecule has 0 bridgehead atoms. The Bertz CT molecular complexity index is 359. The molecule has 1 fully saturated rings. The summed E-state index contributed by atoms with van der Waals surface area (Å²) in [6.07, 6.45) is 4.42.